The molecule has 0 saturated carbocycles. The van der Waals surface area contributed by atoms with Gasteiger partial charge in [0.1, 0.15) is 0 Å². The van der Waals surface area contributed by atoms with Gasteiger partial charge in [0.25, 0.3) is 0 Å². The highest BCUT2D eigenvalue weighted by Gasteiger charge is 2.18. The van der Waals surface area contributed by atoms with Gasteiger partial charge in [-0.05, 0) is 50.4 Å². The number of primary amides is 1. The summed E-state index contributed by atoms with van der Waals surface area (Å²) in [7, 11) is 1.96. The minimum Gasteiger partial charge on any atom is -0.372 e. The fourth-order valence-electron chi connectivity index (χ4n) is 3.09. The Balaban J connectivity index is 1.97. The summed E-state index contributed by atoms with van der Waals surface area (Å²) in [4.78, 5) is 15.9. The maximum atomic E-state index is 11.4. The third-order valence-electron chi connectivity index (χ3n) is 4.34. The van der Waals surface area contributed by atoms with Crippen LogP contribution in [0.3, 0.4) is 0 Å². The first kappa shape index (κ1) is 15.8. The summed E-state index contributed by atoms with van der Waals surface area (Å²) in [6, 6.07) is 8.52. The highest BCUT2D eigenvalue weighted by Crippen LogP contribution is 2.21. The molecule has 1 aliphatic heterocycles. The third-order valence-corrected chi connectivity index (χ3v) is 4.34. The first-order chi connectivity index (χ1) is 10.1. The first-order valence-electron chi connectivity index (χ1n) is 7.95. The molecule has 2 rings (SSSR count). The highest BCUT2D eigenvalue weighted by molar-refractivity contribution is 5.79. The van der Waals surface area contributed by atoms with Crippen molar-refractivity contribution in [1.29, 1.82) is 0 Å². The van der Waals surface area contributed by atoms with Crippen LogP contribution in [0.2, 0.25) is 0 Å². The van der Waals surface area contributed by atoms with Crippen LogP contribution in [0.4, 0.5) is 5.69 Å². The molecule has 21 heavy (non-hydrogen) atoms. The van der Waals surface area contributed by atoms with E-state index in [9.17, 15) is 4.79 Å². The van der Waals surface area contributed by atoms with Crippen molar-refractivity contribution in [3.63, 3.8) is 0 Å². The molecule has 4 nitrogen and oxygen atoms in total. The van der Waals surface area contributed by atoms with Gasteiger partial charge < -0.3 is 10.6 Å². The van der Waals surface area contributed by atoms with Crippen molar-refractivity contribution >= 4 is 11.6 Å². The van der Waals surface area contributed by atoms with E-state index in [2.05, 4.69) is 29.2 Å². The Morgan fingerprint density at radius 3 is 2.38 bits per heavy atom. The lowest BCUT2D eigenvalue weighted by atomic mass is 10.1. The fraction of sp³-hybridized carbons (Fsp3) is 0.588. The van der Waals surface area contributed by atoms with E-state index in [1.807, 2.05) is 18.9 Å². The predicted octanol–water partition coefficient (Wildman–Crippen LogP) is 2.37. The van der Waals surface area contributed by atoms with Gasteiger partial charge in [0, 0.05) is 25.3 Å². The van der Waals surface area contributed by atoms with Gasteiger partial charge in [-0.2, -0.15) is 0 Å². The van der Waals surface area contributed by atoms with E-state index in [0.29, 0.717) is 0 Å². The van der Waals surface area contributed by atoms with E-state index in [4.69, 9.17) is 5.73 Å². The lowest BCUT2D eigenvalue weighted by Gasteiger charge is -2.29. The van der Waals surface area contributed by atoms with Crippen LogP contribution in [0.15, 0.2) is 24.3 Å². The molecule has 1 aromatic rings. The van der Waals surface area contributed by atoms with Gasteiger partial charge in [-0.25, -0.2) is 0 Å². The highest BCUT2D eigenvalue weighted by atomic mass is 16.1. The molecule has 1 aliphatic rings. The van der Waals surface area contributed by atoms with Gasteiger partial charge in [-0.3, -0.25) is 9.69 Å². The summed E-state index contributed by atoms with van der Waals surface area (Å²) in [6.07, 6.45) is 4.69. The van der Waals surface area contributed by atoms with E-state index >= 15 is 0 Å². The van der Waals surface area contributed by atoms with Crippen LogP contribution >= 0.6 is 0 Å². The number of benzene rings is 1. The molecule has 0 bridgehead atoms. The van der Waals surface area contributed by atoms with Crippen LogP contribution in [0.1, 0.15) is 38.2 Å². The Hall–Kier alpha value is -1.55. The Labute approximate surface area is 127 Å². The number of carbonyl (C=O) groups excluding carboxylic acids is 1. The molecule has 0 spiro atoms. The number of likely N-dealkylation sites (N-methyl/N-ethyl adjacent to an activating group) is 1. The van der Waals surface area contributed by atoms with Crippen LogP contribution in [-0.4, -0.2) is 37.0 Å². The molecule has 4 heteroatoms. The second-order valence-electron chi connectivity index (χ2n) is 5.96. The van der Waals surface area contributed by atoms with E-state index in [1.54, 1.807) is 0 Å². The average Bonchev–Trinajstić information content (AvgIpc) is 2.49. The summed E-state index contributed by atoms with van der Waals surface area (Å²) in [5, 5.41) is 0. The topological polar surface area (TPSA) is 49.6 Å². The second kappa shape index (κ2) is 7.46. The van der Waals surface area contributed by atoms with Crippen molar-refractivity contribution in [2.75, 3.05) is 25.0 Å². The van der Waals surface area contributed by atoms with Gasteiger partial charge in [-0.15, -0.1) is 0 Å². The number of piperidine rings is 1. The smallest absolute Gasteiger partial charge is 0.234 e. The number of hydrogen-bond acceptors (Lipinski definition) is 3. The molecular formula is C17H27N3O. The van der Waals surface area contributed by atoms with Gasteiger partial charge in [0.15, 0.2) is 0 Å². The number of carbonyl (C=O) groups is 1. The Morgan fingerprint density at radius 1 is 1.24 bits per heavy atom. The number of rotatable bonds is 6. The molecule has 1 amide bonds. The molecule has 1 fully saturated rings. The average molecular weight is 289 g/mol. The zero-order valence-electron chi connectivity index (χ0n) is 13.2. The van der Waals surface area contributed by atoms with Crippen LogP contribution < -0.4 is 10.6 Å². The molecule has 1 saturated heterocycles. The van der Waals surface area contributed by atoms with Crippen molar-refractivity contribution in [3.8, 4) is 0 Å². The van der Waals surface area contributed by atoms with Crippen molar-refractivity contribution in [2.45, 2.75) is 45.2 Å². The maximum Gasteiger partial charge on any atom is 0.234 e. The normalized spacial score (nSPS) is 17.0. The van der Waals surface area contributed by atoms with E-state index in [-0.39, 0.29) is 11.9 Å². The van der Waals surface area contributed by atoms with Crippen molar-refractivity contribution in [3.05, 3.63) is 29.8 Å². The Bertz CT molecular complexity index is 452. The molecule has 0 aromatic heterocycles. The molecule has 2 N–H and O–H groups in total. The van der Waals surface area contributed by atoms with Gasteiger partial charge in [0.05, 0.1) is 6.04 Å². The zero-order valence-corrected chi connectivity index (χ0v) is 13.2. The quantitative estimate of drug-likeness (QED) is 0.874. The molecule has 0 aliphatic carbocycles. The minimum atomic E-state index is -0.245. The van der Waals surface area contributed by atoms with Crippen molar-refractivity contribution in [1.82, 2.24) is 4.90 Å². The van der Waals surface area contributed by atoms with Crippen LogP contribution in [0.25, 0.3) is 0 Å². The molecular weight excluding hydrogens is 262 g/mol. The standard InChI is InChI=1S/C17H27N3O/c1-3-16(17(18)21)19(2)13-14-7-9-15(10-8-14)20-11-5-4-6-12-20/h7-10,16H,3-6,11-13H2,1-2H3,(H2,18,21)/t16-/m0/s1. The van der Waals surface area contributed by atoms with E-state index in [1.165, 1.54) is 43.6 Å². The monoisotopic (exact) mass is 289 g/mol. The molecule has 1 atom stereocenters. The number of hydrogen-bond donors (Lipinski definition) is 1. The zero-order chi connectivity index (χ0) is 15.2. The largest absolute Gasteiger partial charge is 0.372 e. The second-order valence-corrected chi connectivity index (χ2v) is 5.96. The van der Waals surface area contributed by atoms with Crippen LogP contribution in [0, 0.1) is 0 Å². The molecule has 116 valence electrons. The summed E-state index contributed by atoms with van der Waals surface area (Å²) < 4.78 is 0. The van der Waals surface area contributed by atoms with Crippen molar-refractivity contribution in [2.24, 2.45) is 5.73 Å². The van der Waals surface area contributed by atoms with Gasteiger partial charge in [0.2, 0.25) is 5.91 Å². The Morgan fingerprint density at radius 2 is 1.86 bits per heavy atom. The van der Waals surface area contributed by atoms with Crippen LogP contribution in [-0.2, 0) is 11.3 Å². The van der Waals surface area contributed by atoms with Gasteiger partial charge >= 0.3 is 0 Å². The van der Waals surface area contributed by atoms with Crippen LogP contribution in [0.5, 0.6) is 0 Å². The fourth-order valence-corrected chi connectivity index (χ4v) is 3.09. The van der Waals surface area contributed by atoms with E-state index in [0.717, 1.165) is 13.0 Å². The molecule has 1 aromatic carbocycles. The maximum absolute atomic E-state index is 11.4. The number of anilines is 1. The third kappa shape index (κ3) is 4.21. The summed E-state index contributed by atoms with van der Waals surface area (Å²) in [5.74, 6) is -0.245. The summed E-state index contributed by atoms with van der Waals surface area (Å²) >= 11 is 0. The lowest BCUT2D eigenvalue weighted by molar-refractivity contribution is -0.123. The lowest BCUT2D eigenvalue weighted by Crippen LogP contribution is -2.41. The molecule has 0 radical (unpaired) electrons. The first-order valence-corrected chi connectivity index (χ1v) is 7.95. The number of nitrogens with two attached hydrogens (primary N) is 1. The minimum absolute atomic E-state index is 0.188. The predicted molar refractivity (Wildman–Crippen MR) is 87.2 cm³/mol. The number of nitrogens with zero attached hydrogens (tertiary/aromatic N) is 2. The molecule has 1 heterocycles. The number of amides is 1. The summed E-state index contributed by atoms with van der Waals surface area (Å²) in [5.41, 5.74) is 7.96. The SMILES string of the molecule is CC[C@@H](C(N)=O)N(C)Cc1ccc(N2CCCCC2)cc1. The van der Waals surface area contributed by atoms with Gasteiger partial charge in [-0.1, -0.05) is 19.1 Å². The molecule has 0 unspecified atom stereocenters. The summed E-state index contributed by atoms with van der Waals surface area (Å²) in [6.45, 7) is 5.07. The van der Waals surface area contributed by atoms with E-state index < -0.39 is 0 Å². The Kier molecular flexibility index (Phi) is 5.62. The van der Waals surface area contributed by atoms with Crippen molar-refractivity contribution < 1.29 is 4.79 Å².